The van der Waals surface area contributed by atoms with Gasteiger partial charge in [-0.1, -0.05) is 5.92 Å². The highest BCUT2D eigenvalue weighted by Gasteiger charge is 2.13. The van der Waals surface area contributed by atoms with E-state index in [0.717, 1.165) is 23.9 Å². The van der Waals surface area contributed by atoms with E-state index in [-0.39, 0.29) is 0 Å². The van der Waals surface area contributed by atoms with E-state index in [1.54, 1.807) is 0 Å². The standard InChI is InChI=1S/C7H11N3S/c1-2-4-10-6-11-5-3-7(10)9-8/h3,5-6,8H2,1H3. The topological polar surface area (TPSA) is 41.6 Å². The van der Waals surface area contributed by atoms with Gasteiger partial charge in [-0.15, -0.1) is 11.8 Å². The SMILES string of the molecule is CC#CN1CSCCC1=NN. The third-order valence-electron chi connectivity index (χ3n) is 1.40. The Morgan fingerprint density at radius 3 is 3.18 bits per heavy atom. The molecular formula is C7H11N3S. The van der Waals surface area contributed by atoms with Gasteiger partial charge in [0, 0.05) is 18.2 Å². The number of amidine groups is 1. The van der Waals surface area contributed by atoms with E-state index >= 15 is 0 Å². The molecule has 2 N–H and O–H groups in total. The summed E-state index contributed by atoms with van der Waals surface area (Å²) in [4.78, 5) is 1.90. The van der Waals surface area contributed by atoms with E-state index in [0.29, 0.717) is 0 Å². The van der Waals surface area contributed by atoms with Crippen LogP contribution < -0.4 is 5.84 Å². The van der Waals surface area contributed by atoms with Crippen LogP contribution in [0, 0.1) is 12.0 Å². The highest BCUT2D eigenvalue weighted by atomic mass is 32.2. The predicted molar refractivity (Wildman–Crippen MR) is 48.9 cm³/mol. The van der Waals surface area contributed by atoms with Gasteiger partial charge in [0.2, 0.25) is 0 Å². The zero-order valence-corrected chi connectivity index (χ0v) is 7.32. The first-order chi connectivity index (χ1) is 5.38. The molecule has 0 amide bonds. The fourth-order valence-corrected chi connectivity index (χ4v) is 1.75. The van der Waals surface area contributed by atoms with Crippen LogP contribution in [0.25, 0.3) is 0 Å². The van der Waals surface area contributed by atoms with Crippen LogP contribution in [0.2, 0.25) is 0 Å². The summed E-state index contributed by atoms with van der Waals surface area (Å²) in [7, 11) is 0. The van der Waals surface area contributed by atoms with Crippen molar-refractivity contribution >= 4 is 17.6 Å². The van der Waals surface area contributed by atoms with E-state index in [1.807, 2.05) is 23.6 Å². The van der Waals surface area contributed by atoms with Crippen LogP contribution >= 0.6 is 11.8 Å². The van der Waals surface area contributed by atoms with Gasteiger partial charge < -0.3 is 5.84 Å². The second-order valence-electron chi connectivity index (χ2n) is 2.12. The zero-order chi connectivity index (χ0) is 8.10. The lowest BCUT2D eigenvalue weighted by Crippen LogP contribution is -2.31. The minimum absolute atomic E-state index is 0.886. The lowest BCUT2D eigenvalue weighted by atomic mass is 10.4. The highest BCUT2D eigenvalue weighted by Crippen LogP contribution is 2.14. The Hall–Kier alpha value is -0.820. The van der Waals surface area contributed by atoms with Crippen LogP contribution in [0.1, 0.15) is 13.3 Å². The van der Waals surface area contributed by atoms with Crippen molar-refractivity contribution in [3.8, 4) is 12.0 Å². The fourth-order valence-electron chi connectivity index (χ4n) is 0.895. The minimum atomic E-state index is 0.886. The normalized spacial score (nSPS) is 21.2. The van der Waals surface area contributed by atoms with Crippen LogP contribution in [-0.2, 0) is 0 Å². The van der Waals surface area contributed by atoms with Crippen molar-refractivity contribution in [1.82, 2.24) is 4.90 Å². The maximum atomic E-state index is 5.19. The Kier molecular flexibility index (Phi) is 3.12. The second-order valence-corrected chi connectivity index (χ2v) is 3.20. The lowest BCUT2D eigenvalue weighted by Gasteiger charge is -2.22. The number of nitrogens with zero attached hydrogens (tertiary/aromatic N) is 2. The molecule has 0 saturated carbocycles. The molecule has 11 heavy (non-hydrogen) atoms. The van der Waals surface area contributed by atoms with Gasteiger partial charge in [0.05, 0.1) is 5.88 Å². The Morgan fingerprint density at radius 1 is 1.73 bits per heavy atom. The van der Waals surface area contributed by atoms with Crippen molar-refractivity contribution in [2.24, 2.45) is 10.9 Å². The molecule has 0 aromatic heterocycles. The van der Waals surface area contributed by atoms with Crippen molar-refractivity contribution in [1.29, 1.82) is 0 Å². The molecule has 3 nitrogen and oxygen atoms in total. The number of hydrogen-bond donors (Lipinski definition) is 1. The molecule has 0 aliphatic carbocycles. The number of thioether (sulfide) groups is 1. The van der Waals surface area contributed by atoms with E-state index in [1.165, 1.54) is 0 Å². The first-order valence-electron chi connectivity index (χ1n) is 3.43. The number of rotatable bonds is 0. The van der Waals surface area contributed by atoms with Gasteiger partial charge in [-0.05, 0) is 6.92 Å². The average molecular weight is 169 g/mol. The summed E-state index contributed by atoms with van der Waals surface area (Å²) in [6, 6.07) is 2.94. The van der Waals surface area contributed by atoms with E-state index < -0.39 is 0 Å². The van der Waals surface area contributed by atoms with Crippen LogP contribution in [0.3, 0.4) is 0 Å². The Morgan fingerprint density at radius 2 is 2.55 bits per heavy atom. The van der Waals surface area contributed by atoms with Gasteiger partial charge >= 0.3 is 0 Å². The molecule has 60 valence electrons. The van der Waals surface area contributed by atoms with E-state index in [2.05, 4.69) is 17.1 Å². The van der Waals surface area contributed by atoms with Crippen LogP contribution in [-0.4, -0.2) is 22.4 Å². The van der Waals surface area contributed by atoms with Gasteiger partial charge in [0.1, 0.15) is 5.84 Å². The number of nitrogens with two attached hydrogens (primary N) is 1. The van der Waals surface area contributed by atoms with Crippen molar-refractivity contribution in [2.75, 3.05) is 11.6 Å². The molecule has 0 unspecified atom stereocenters. The molecule has 0 atom stereocenters. The summed E-state index contributed by atoms with van der Waals surface area (Å²) >= 11 is 1.85. The Bertz CT molecular complexity index is 213. The van der Waals surface area contributed by atoms with Crippen LogP contribution in [0.4, 0.5) is 0 Å². The first kappa shape index (κ1) is 8.28. The second kappa shape index (κ2) is 4.14. The summed E-state index contributed by atoms with van der Waals surface area (Å²) in [5.41, 5.74) is 0. The molecule has 0 bridgehead atoms. The number of hydrazone groups is 1. The molecule has 1 aliphatic heterocycles. The number of hydrogen-bond acceptors (Lipinski definition) is 3. The summed E-state index contributed by atoms with van der Waals surface area (Å²) < 4.78 is 0. The Balaban J connectivity index is 2.64. The lowest BCUT2D eigenvalue weighted by molar-refractivity contribution is 0.663. The largest absolute Gasteiger partial charge is 0.322 e. The molecule has 1 rings (SSSR count). The summed E-state index contributed by atoms with van der Waals surface area (Å²) in [6.45, 7) is 1.81. The molecule has 1 heterocycles. The van der Waals surface area contributed by atoms with Gasteiger partial charge in [0.15, 0.2) is 0 Å². The summed E-state index contributed by atoms with van der Waals surface area (Å²) in [5.74, 6) is 10.9. The van der Waals surface area contributed by atoms with E-state index in [4.69, 9.17) is 5.84 Å². The maximum absolute atomic E-state index is 5.19. The summed E-state index contributed by atoms with van der Waals surface area (Å²) in [6.07, 6.45) is 0.926. The molecule has 0 radical (unpaired) electrons. The third kappa shape index (κ3) is 2.05. The molecular weight excluding hydrogens is 158 g/mol. The zero-order valence-electron chi connectivity index (χ0n) is 6.50. The monoisotopic (exact) mass is 169 g/mol. The Labute approximate surface area is 71.0 Å². The molecule has 0 spiro atoms. The summed E-state index contributed by atoms with van der Waals surface area (Å²) in [5, 5.41) is 3.67. The molecule has 0 aromatic carbocycles. The molecule has 1 aliphatic rings. The fraction of sp³-hybridized carbons (Fsp3) is 0.571. The van der Waals surface area contributed by atoms with Crippen molar-refractivity contribution in [3.63, 3.8) is 0 Å². The van der Waals surface area contributed by atoms with E-state index in [9.17, 15) is 0 Å². The molecule has 4 heteroatoms. The van der Waals surface area contributed by atoms with Crippen molar-refractivity contribution < 1.29 is 0 Å². The smallest absolute Gasteiger partial charge is 0.137 e. The average Bonchev–Trinajstić information content (AvgIpc) is 2.06. The van der Waals surface area contributed by atoms with Crippen molar-refractivity contribution in [3.05, 3.63) is 0 Å². The predicted octanol–water partition coefficient (Wildman–Crippen LogP) is 0.636. The van der Waals surface area contributed by atoms with Crippen LogP contribution in [0.5, 0.6) is 0 Å². The molecule has 0 aromatic rings. The minimum Gasteiger partial charge on any atom is -0.322 e. The quantitative estimate of drug-likeness (QED) is 0.328. The maximum Gasteiger partial charge on any atom is 0.137 e. The van der Waals surface area contributed by atoms with Crippen LogP contribution in [0.15, 0.2) is 5.10 Å². The van der Waals surface area contributed by atoms with Gasteiger partial charge in [-0.2, -0.15) is 5.10 Å². The van der Waals surface area contributed by atoms with Gasteiger partial charge in [-0.25, -0.2) is 0 Å². The van der Waals surface area contributed by atoms with Gasteiger partial charge in [0.25, 0.3) is 0 Å². The van der Waals surface area contributed by atoms with Gasteiger partial charge in [-0.3, -0.25) is 4.90 Å². The molecule has 1 saturated heterocycles. The molecule has 1 fully saturated rings. The highest BCUT2D eigenvalue weighted by molar-refractivity contribution is 7.99. The first-order valence-corrected chi connectivity index (χ1v) is 4.58. The van der Waals surface area contributed by atoms with Crippen molar-refractivity contribution in [2.45, 2.75) is 13.3 Å². The third-order valence-corrected chi connectivity index (χ3v) is 2.33.